The van der Waals surface area contributed by atoms with Crippen LogP contribution >= 0.6 is 0 Å². The van der Waals surface area contributed by atoms with Crippen molar-refractivity contribution in [2.24, 2.45) is 10.6 Å². The molecule has 1 aromatic rings. The third-order valence-corrected chi connectivity index (χ3v) is 5.03. The quantitative estimate of drug-likeness (QED) is 0.849. The van der Waals surface area contributed by atoms with Crippen molar-refractivity contribution in [3.63, 3.8) is 0 Å². The zero-order valence-corrected chi connectivity index (χ0v) is 12.9. The average molecular weight is 315 g/mol. The Kier molecular flexibility index (Phi) is 5.22. The van der Waals surface area contributed by atoms with Crippen LogP contribution in [0.5, 0.6) is 5.75 Å². The SMILES string of the molecule is NS(=O)(=O)CC1(COc2cccc(F)c2)CCCCCC1. The summed E-state index contributed by atoms with van der Waals surface area (Å²) in [5, 5.41) is 5.25. The minimum Gasteiger partial charge on any atom is -0.493 e. The topological polar surface area (TPSA) is 69.4 Å². The number of primary sulfonamides is 1. The molecule has 118 valence electrons. The summed E-state index contributed by atoms with van der Waals surface area (Å²) in [5.74, 6) is -0.0168. The highest BCUT2D eigenvalue weighted by Gasteiger charge is 2.35. The first kappa shape index (κ1) is 16.2. The Morgan fingerprint density at radius 3 is 2.43 bits per heavy atom. The van der Waals surface area contributed by atoms with Gasteiger partial charge in [-0.2, -0.15) is 0 Å². The van der Waals surface area contributed by atoms with Crippen molar-refractivity contribution in [1.29, 1.82) is 0 Å². The maximum absolute atomic E-state index is 13.2. The molecule has 0 spiro atoms. The number of rotatable bonds is 5. The second-order valence-electron chi connectivity index (χ2n) is 5.97. The van der Waals surface area contributed by atoms with Gasteiger partial charge in [-0.3, -0.25) is 0 Å². The Bertz CT molecular complexity index is 566. The highest BCUT2D eigenvalue weighted by atomic mass is 32.2. The van der Waals surface area contributed by atoms with Gasteiger partial charge in [0, 0.05) is 11.5 Å². The van der Waals surface area contributed by atoms with Gasteiger partial charge >= 0.3 is 0 Å². The molecular weight excluding hydrogens is 293 g/mol. The summed E-state index contributed by atoms with van der Waals surface area (Å²) in [6.45, 7) is 0.257. The largest absolute Gasteiger partial charge is 0.493 e. The molecule has 4 nitrogen and oxygen atoms in total. The lowest BCUT2D eigenvalue weighted by atomic mass is 9.83. The van der Waals surface area contributed by atoms with Gasteiger partial charge in [-0.05, 0) is 25.0 Å². The van der Waals surface area contributed by atoms with Crippen LogP contribution < -0.4 is 9.88 Å². The minimum atomic E-state index is -3.57. The maximum Gasteiger partial charge on any atom is 0.209 e. The predicted octanol–water partition coefficient (Wildman–Crippen LogP) is 2.83. The van der Waals surface area contributed by atoms with Gasteiger partial charge in [0.2, 0.25) is 10.0 Å². The maximum atomic E-state index is 13.2. The molecule has 0 aliphatic heterocycles. The highest BCUT2D eigenvalue weighted by Crippen LogP contribution is 2.36. The van der Waals surface area contributed by atoms with E-state index in [-0.39, 0.29) is 18.2 Å². The average Bonchev–Trinajstić information content (AvgIpc) is 2.61. The predicted molar refractivity (Wildman–Crippen MR) is 80.0 cm³/mol. The van der Waals surface area contributed by atoms with Crippen molar-refractivity contribution in [3.05, 3.63) is 30.1 Å². The number of nitrogens with two attached hydrogens (primary N) is 1. The Hall–Kier alpha value is -1.14. The van der Waals surface area contributed by atoms with Crippen LogP contribution in [0, 0.1) is 11.2 Å². The van der Waals surface area contributed by atoms with E-state index in [1.54, 1.807) is 12.1 Å². The van der Waals surface area contributed by atoms with Crippen LogP contribution in [0.15, 0.2) is 24.3 Å². The molecule has 0 unspecified atom stereocenters. The zero-order chi connectivity index (χ0) is 15.3. The third kappa shape index (κ3) is 5.28. The highest BCUT2D eigenvalue weighted by molar-refractivity contribution is 7.89. The van der Waals surface area contributed by atoms with Gasteiger partial charge < -0.3 is 4.74 Å². The number of hydrogen-bond donors (Lipinski definition) is 1. The van der Waals surface area contributed by atoms with Crippen LogP contribution in [0.4, 0.5) is 4.39 Å². The molecule has 0 bridgehead atoms. The van der Waals surface area contributed by atoms with Crippen LogP contribution in [0.25, 0.3) is 0 Å². The molecule has 0 amide bonds. The monoisotopic (exact) mass is 315 g/mol. The van der Waals surface area contributed by atoms with E-state index in [4.69, 9.17) is 9.88 Å². The van der Waals surface area contributed by atoms with Gasteiger partial charge in [0.15, 0.2) is 0 Å². The molecule has 1 aliphatic rings. The van der Waals surface area contributed by atoms with Crippen LogP contribution in [-0.2, 0) is 10.0 Å². The second-order valence-corrected chi connectivity index (χ2v) is 7.58. The molecule has 2 rings (SSSR count). The standard InChI is InChI=1S/C15H22FNO3S/c16-13-6-5-7-14(10-13)20-11-15(12-21(17,18)19)8-3-1-2-4-9-15/h5-7,10H,1-4,8-9,11-12H2,(H2,17,18,19). The van der Waals surface area contributed by atoms with Crippen molar-refractivity contribution in [2.45, 2.75) is 38.5 Å². The Balaban J connectivity index is 2.11. The first-order valence-electron chi connectivity index (χ1n) is 7.28. The lowest BCUT2D eigenvalue weighted by molar-refractivity contribution is 0.145. The van der Waals surface area contributed by atoms with Crippen molar-refractivity contribution in [3.8, 4) is 5.75 Å². The molecule has 0 atom stereocenters. The number of ether oxygens (including phenoxy) is 1. The molecule has 1 aliphatic carbocycles. The Morgan fingerprint density at radius 1 is 1.19 bits per heavy atom. The van der Waals surface area contributed by atoms with Gasteiger partial charge in [-0.15, -0.1) is 0 Å². The van der Waals surface area contributed by atoms with E-state index in [1.807, 2.05) is 0 Å². The van der Waals surface area contributed by atoms with Gasteiger partial charge in [-0.1, -0.05) is 31.7 Å². The molecule has 0 aromatic heterocycles. The van der Waals surface area contributed by atoms with E-state index in [0.29, 0.717) is 5.75 Å². The number of sulfonamides is 1. The fourth-order valence-corrected chi connectivity index (χ4v) is 4.25. The normalized spacial score (nSPS) is 19.0. The van der Waals surface area contributed by atoms with Gasteiger partial charge in [-0.25, -0.2) is 17.9 Å². The third-order valence-electron chi connectivity index (χ3n) is 4.01. The second kappa shape index (κ2) is 6.75. The van der Waals surface area contributed by atoms with Crippen LogP contribution in [0.1, 0.15) is 38.5 Å². The van der Waals surface area contributed by atoms with Crippen molar-refractivity contribution in [2.75, 3.05) is 12.4 Å². The van der Waals surface area contributed by atoms with E-state index < -0.39 is 15.4 Å². The van der Waals surface area contributed by atoms with Gasteiger partial charge in [0.1, 0.15) is 11.6 Å². The Labute approximate surface area is 125 Å². The van der Waals surface area contributed by atoms with E-state index in [9.17, 15) is 12.8 Å². The number of hydrogen-bond acceptors (Lipinski definition) is 3. The van der Waals surface area contributed by atoms with E-state index in [2.05, 4.69) is 0 Å². The van der Waals surface area contributed by atoms with Crippen molar-refractivity contribution >= 4 is 10.0 Å². The molecule has 6 heteroatoms. The van der Waals surface area contributed by atoms with E-state index in [1.165, 1.54) is 12.1 Å². The van der Waals surface area contributed by atoms with Gasteiger partial charge in [0.25, 0.3) is 0 Å². The van der Waals surface area contributed by atoms with Crippen LogP contribution in [0.3, 0.4) is 0 Å². The molecular formula is C15H22FNO3S. The fraction of sp³-hybridized carbons (Fsp3) is 0.600. The summed E-state index contributed by atoms with van der Waals surface area (Å²) in [7, 11) is -3.57. The molecule has 21 heavy (non-hydrogen) atoms. The van der Waals surface area contributed by atoms with Crippen molar-refractivity contribution in [1.82, 2.24) is 0 Å². The first-order chi connectivity index (χ1) is 9.89. The smallest absolute Gasteiger partial charge is 0.209 e. The molecule has 0 radical (unpaired) electrons. The summed E-state index contributed by atoms with van der Waals surface area (Å²) < 4.78 is 41.9. The summed E-state index contributed by atoms with van der Waals surface area (Å²) in [6.07, 6.45) is 5.71. The van der Waals surface area contributed by atoms with Crippen LogP contribution in [0.2, 0.25) is 0 Å². The van der Waals surface area contributed by atoms with Crippen molar-refractivity contribution < 1.29 is 17.5 Å². The molecule has 1 aromatic carbocycles. The lowest BCUT2D eigenvalue weighted by Crippen LogP contribution is -2.38. The minimum absolute atomic E-state index is 0.0741. The number of halogens is 1. The lowest BCUT2D eigenvalue weighted by Gasteiger charge is -2.31. The molecule has 1 saturated carbocycles. The summed E-state index contributed by atoms with van der Waals surface area (Å²) in [5.41, 5.74) is -0.462. The zero-order valence-electron chi connectivity index (χ0n) is 12.1. The Morgan fingerprint density at radius 2 is 1.86 bits per heavy atom. The van der Waals surface area contributed by atoms with E-state index in [0.717, 1.165) is 38.5 Å². The van der Waals surface area contributed by atoms with Crippen LogP contribution in [-0.4, -0.2) is 20.8 Å². The molecule has 0 heterocycles. The molecule has 1 fully saturated rings. The summed E-state index contributed by atoms with van der Waals surface area (Å²) in [4.78, 5) is 0. The van der Waals surface area contributed by atoms with E-state index >= 15 is 0 Å². The summed E-state index contributed by atoms with van der Waals surface area (Å²) >= 11 is 0. The van der Waals surface area contributed by atoms with Gasteiger partial charge in [0.05, 0.1) is 12.4 Å². The fourth-order valence-electron chi connectivity index (χ4n) is 3.03. The molecule has 0 saturated heterocycles. The molecule has 2 N–H and O–H groups in total. The summed E-state index contributed by atoms with van der Waals surface area (Å²) in [6, 6.07) is 5.90. The first-order valence-corrected chi connectivity index (χ1v) is 8.99. The number of benzene rings is 1.